The summed E-state index contributed by atoms with van der Waals surface area (Å²) in [5.41, 5.74) is 3.17. The van der Waals surface area contributed by atoms with Gasteiger partial charge in [-0.25, -0.2) is 0 Å². The first-order valence-electron chi connectivity index (χ1n) is 4.97. The highest BCUT2D eigenvalue weighted by Gasteiger charge is 2.03. The van der Waals surface area contributed by atoms with E-state index in [0.29, 0.717) is 0 Å². The summed E-state index contributed by atoms with van der Waals surface area (Å²) < 4.78 is 0. The highest BCUT2D eigenvalue weighted by atomic mass is 15.1. The molecule has 0 radical (unpaired) electrons. The van der Waals surface area contributed by atoms with Crippen LogP contribution < -0.4 is 0 Å². The lowest BCUT2D eigenvalue weighted by molar-refractivity contribution is 1.12. The van der Waals surface area contributed by atoms with Crippen molar-refractivity contribution in [1.82, 2.24) is 10.2 Å². The molecule has 0 N–H and O–H groups in total. The molecule has 0 atom stereocenters. The first kappa shape index (κ1) is 8.36. The fourth-order valence-corrected chi connectivity index (χ4v) is 1.97. The molecule has 0 spiro atoms. The highest BCUT2D eigenvalue weighted by Crippen LogP contribution is 2.24. The average molecular weight is 194 g/mol. The quantitative estimate of drug-likeness (QED) is 0.514. The second kappa shape index (κ2) is 3.02. The van der Waals surface area contributed by atoms with Crippen molar-refractivity contribution in [3.63, 3.8) is 0 Å². The fraction of sp³-hybridized carbons (Fsp3) is 0.0769. The molecule has 0 fully saturated rings. The predicted molar refractivity (Wildman–Crippen MR) is 61.8 cm³/mol. The summed E-state index contributed by atoms with van der Waals surface area (Å²) in [5, 5.41) is 10.8. The molecule has 1 heterocycles. The maximum absolute atomic E-state index is 4.22. The molecule has 3 rings (SSSR count). The largest absolute Gasteiger partial charge is 0.150 e. The van der Waals surface area contributed by atoms with Crippen molar-refractivity contribution in [3.05, 3.63) is 48.0 Å². The van der Waals surface area contributed by atoms with Crippen LogP contribution in [0, 0.1) is 6.92 Å². The zero-order valence-electron chi connectivity index (χ0n) is 8.44. The molecule has 2 heteroatoms. The van der Waals surface area contributed by atoms with E-state index in [1.807, 2.05) is 30.3 Å². The molecule has 0 saturated heterocycles. The minimum Gasteiger partial charge on any atom is -0.150 e. The van der Waals surface area contributed by atoms with E-state index in [0.717, 1.165) is 11.0 Å². The van der Waals surface area contributed by atoms with Crippen molar-refractivity contribution in [2.24, 2.45) is 0 Å². The lowest BCUT2D eigenvalue weighted by Gasteiger charge is -2.04. The van der Waals surface area contributed by atoms with E-state index in [4.69, 9.17) is 0 Å². The van der Waals surface area contributed by atoms with E-state index < -0.39 is 0 Å². The van der Waals surface area contributed by atoms with Gasteiger partial charge in [-0.3, -0.25) is 0 Å². The van der Waals surface area contributed by atoms with Crippen LogP contribution in [0.5, 0.6) is 0 Å². The molecule has 3 aromatic rings. The monoisotopic (exact) mass is 194 g/mol. The second-order valence-electron chi connectivity index (χ2n) is 3.69. The summed E-state index contributed by atoms with van der Waals surface area (Å²) in [5.74, 6) is 0. The molecule has 2 aromatic carbocycles. The van der Waals surface area contributed by atoms with Gasteiger partial charge >= 0.3 is 0 Å². The van der Waals surface area contributed by atoms with Crippen LogP contribution in [0.15, 0.2) is 42.5 Å². The van der Waals surface area contributed by atoms with Crippen LogP contribution in [0.1, 0.15) is 5.56 Å². The van der Waals surface area contributed by atoms with E-state index in [1.54, 1.807) is 0 Å². The van der Waals surface area contributed by atoms with Gasteiger partial charge in [-0.15, -0.1) is 10.2 Å². The van der Waals surface area contributed by atoms with Gasteiger partial charge in [0.2, 0.25) is 0 Å². The maximum Gasteiger partial charge on any atom is 0.0938 e. The van der Waals surface area contributed by atoms with Crippen molar-refractivity contribution in [3.8, 4) is 0 Å². The number of hydrogen-bond acceptors (Lipinski definition) is 2. The van der Waals surface area contributed by atoms with Crippen molar-refractivity contribution in [2.45, 2.75) is 6.92 Å². The van der Waals surface area contributed by atoms with Gasteiger partial charge in [-0.05, 0) is 24.6 Å². The summed E-state index contributed by atoms with van der Waals surface area (Å²) in [6.07, 6.45) is 0. The van der Waals surface area contributed by atoms with Gasteiger partial charge in [0.25, 0.3) is 0 Å². The SMILES string of the molecule is Cc1cccc2nnc3ccccc3c12. The minimum atomic E-state index is 0.958. The summed E-state index contributed by atoms with van der Waals surface area (Å²) in [7, 11) is 0. The Morgan fingerprint density at radius 3 is 2.47 bits per heavy atom. The summed E-state index contributed by atoms with van der Waals surface area (Å²) in [6.45, 7) is 2.11. The number of fused-ring (bicyclic) bond motifs is 3. The van der Waals surface area contributed by atoms with Crippen LogP contribution in [0.2, 0.25) is 0 Å². The molecule has 15 heavy (non-hydrogen) atoms. The molecule has 0 aliphatic heterocycles. The van der Waals surface area contributed by atoms with Crippen molar-refractivity contribution in [2.75, 3.05) is 0 Å². The summed E-state index contributed by atoms with van der Waals surface area (Å²) >= 11 is 0. The Morgan fingerprint density at radius 2 is 1.53 bits per heavy atom. The molecule has 1 aromatic heterocycles. The van der Waals surface area contributed by atoms with E-state index in [2.05, 4.69) is 29.3 Å². The number of hydrogen-bond donors (Lipinski definition) is 0. The van der Waals surface area contributed by atoms with Crippen LogP contribution in [-0.2, 0) is 0 Å². The zero-order chi connectivity index (χ0) is 10.3. The van der Waals surface area contributed by atoms with Crippen LogP contribution in [0.25, 0.3) is 21.8 Å². The molecule has 2 nitrogen and oxygen atoms in total. The molecule has 0 aliphatic carbocycles. The van der Waals surface area contributed by atoms with Gasteiger partial charge in [0, 0.05) is 10.8 Å². The molecule has 0 bridgehead atoms. The number of benzene rings is 2. The van der Waals surface area contributed by atoms with E-state index >= 15 is 0 Å². The Labute approximate surface area is 87.6 Å². The topological polar surface area (TPSA) is 25.8 Å². The standard InChI is InChI=1S/C13H10N2/c1-9-5-4-8-12-13(9)10-6-2-3-7-11(10)14-15-12/h2-8H,1H3. The molecule has 0 amide bonds. The van der Waals surface area contributed by atoms with Crippen LogP contribution in [0.4, 0.5) is 0 Å². The lowest BCUT2D eigenvalue weighted by atomic mass is 10.1. The molecule has 72 valence electrons. The summed E-state index contributed by atoms with van der Waals surface area (Å²) in [6, 6.07) is 14.2. The molecular formula is C13H10N2. The number of nitrogens with zero attached hydrogens (tertiary/aromatic N) is 2. The smallest absolute Gasteiger partial charge is 0.0938 e. The Balaban J connectivity index is 2.64. The molecule has 0 unspecified atom stereocenters. The average Bonchev–Trinajstić information content (AvgIpc) is 2.29. The maximum atomic E-state index is 4.22. The third-order valence-corrected chi connectivity index (χ3v) is 2.69. The Morgan fingerprint density at radius 1 is 0.800 bits per heavy atom. The van der Waals surface area contributed by atoms with Gasteiger partial charge in [0.05, 0.1) is 11.0 Å². The third-order valence-electron chi connectivity index (χ3n) is 2.69. The van der Waals surface area contributed by atoms with Gasteiger partial charge in [-0.2, -0.15) is 0 Å². The van der Waals surface area contributed by atoms with Crippen molar-refractivity contribution in [1.29, 1.82) is 0 Å². The van der Waals surface area contributed by atoms with Gasteiger partial charge in [0.15, 0.2) is 0 Å². The Bertz CT molecular complexity index is 644. The third kappa shape index (κ3) is 1.18. The highest BCUT2D eigenvalue weighted by molar-refractivity contribution is 6.05. The lowest BCUT2D eigenvalue weighted by Crippen LogP contribution is -1.88. The normalized spacial score (nSPS) is 11.0. The van der Waals surface area contributed by atoms with Crippen LogP contribution in [0.3, 0.4) is 0 Å². The first-order chi connectivity index (χ1) is 7.36. The molecule has 0 aliphatic rings. The second-order valence-corrected chi connectivity index (χ2v) is 3.69. The van der Waals surface area contributed by atoms with Crippen molar-refractivity contribution >= 4 is 21.8 Å². The van der Waals surface area contributed by atoms with E-state index in [1.165, 1.54) is 16.3 Å². The minimum absolute atomic E-state index is 0.958. The number of aromatic nitrogens is 2. The van der Waals surface area contributed by atoms with Crippen LogP contribution >= 0.6 is 0 Å². The fourth-order valence-electron chi connectivity index (χ4n) is 1.97. The molecular weight excluding hydrogens is 184 g/mol. The first-order valence-corrected chi connectivity index (χ1v) is 4.97. The molecule has 0 saturated carbocycles. The van der Waals surface area contributed by atoms with Crippen LogP contribution in [-0.4, -0.2) is 10.2 Å². The Hall–Kier alpha value is -1.96. The van der Waals surface area contributed by atoms with Gasteiger partial charge in [0.1, 0.15) is 0 Å². The predicted octanol–water partition coefficient (Wildman–Crippen LogP) is 3.09. The van der Waals surface area contributed by atoms with Crippen molar-refractivity contribution < 1.29 is 0 Å². The van der Waals surface area contributed by atoms with E-state index in [-0.39, 0.29) is 0 Å². The van der Waals surface area contributed by atoms with Gasteiger partial charge < -0.3 is 0 Å². The summed E-state index contributed by atoms with van der Waals surface area (Å²) in [4.78, 5) is 0. The number of rotatable bonds is 0. The zero-order valence-corrected chi connectivity index (χ0v) is 8.44. The van der Waals surface area contributed by atoms with E-state index in [9.17, 15) is 0 Å². The number of aryl methyl sites for hydroxylation is 1. The van der Waals surface area contributed by atoms with Gasteiger partial charge in [-0.1, -0.05) is 30.3 Å². The Kier molecular flexibility index (Phi) is 1.68.